The molecule has 9 nitrogen and oxygen atoms in total. The standard InChI is InChI=1S/C15H13ClN4O5/c1-9(21)17-10-3-2-4-11(5-10)18-14(22)8-19-7-12(20(24)25)6-13(16)15(19)23/h2-7H,8H2,1H3,(H,17,21)(H,18,22). The van der Waals surface area contributed by atoms with E-state index in [1.54, 1.807) is 18.2 Å². The summed E-state index contributed by atoms with van der Waals surface area (Å²) in [7, 11) is 0. The molecule has 130 valence electrons. The monoisotopic (exact) mass is 364 g/mol. The lowest BCUT2D eigenvalue weighted by molar-refractivity contribution is -0.385. The number of benzene rings is 1. The van der Waals surface area contributed by atoms with Crippen LogP contribution in [-0.4, -0.2) is 21.3 Å². The number of anilines is 2. The first-order valence-corrected chi connectivity index (χ1v) is 7.36. The molecule has 0 saturated carbocycles. The minimum atomic E-state index is -0.714. The average Bonchev–Trinajstić information content (AvgIpc) is 2.51. The van der Waals surface area contributed by atoms with Crippen LogP contribution in [0.4, 0.5) is 17.1 Å². The molecule has 0 saturated heterocycles. The zero-order chi connectivity index (χ0) is 18.6. The maximum atomic E-state index is 12.1. The molecule has 0 unspecified atom stereocenters. The Hall–Kier alpha value is -3.20. The highest BCUT2D eigenvalue weighted by Crippen LogP contribution is 2.16. The molecule has 2 amide bonds. The van der Waals surface area contributed by atoms with Crippen LogP contribution in [-0.2, 0) is 16.1 Å². The van der Waals surface area contributed by atoms with Gasteiger partial charge in [0, 0.05) is 24.4 Å². The van der Waals surface area contributed by atoms with Gasteiger partial charge in [0.25, 0.3) is 11.2 Å². The van der Waals surface area contributed by atoms with E-state index in [9.17, 15) is 24.5 Å². The molecule has 0 atom stereocenters. The van der Waals surface area contributed by atoms with Gasteiger partial charge in [-0.2, -0.15) is 0 Å². The van der Waals surface area contributed by atoms with Gasteiger partial charge >= 0.3 is 0 Å². The molecule has 0 radical (unpaired) electrons. The van der Waals surface area contributed by atoms with E-state index in [1.165, 1.54) is 13.0 Å². The van der Waals surface area contributed by atoms with E-state index < -0.39 is 28.6 Å². The smallest absolute Gasteiger partial charge is 0.287 e. The Morgan fingerprint density at radius 1 is 1.24 bits per heavy atom. The van der Waals surface area contributed by atoms with Crippen molar-refractivity contribution in [3.05, 3.63) is 62.0 Å². The highest BCUT2D eigenvalue weighted by molar-refractivity contribution is 6.30. The number of nitro groups is 1. The average molecular weight is 365 g/mol. The number of aromatic nitrogens is 1. The van der Waals surface area contributed by atoms with Crippen molar-refractivity contribution in [3.8, 4) is 0 Å². The molecule has 0 fully saturated rings. The van der Waals surface area contributed by atoms with Crippen LogP contribution in [0.2, 0.25) is 5.02 Å². The van der Waals surface area contributed by atoms with Gasteiger partial charge in [-0.3, -0.25) is 29.1 Å². The van der Waals surface area contributed by atoms with E-state index in [0.717, 1.165) is 16.8 Å². The zero-order valence-electron chi connectivity index (χ0n) is 13.0. The van der Waals surface area contributed by atoms with E-state index in [2.05, 4.69) is 10.6 Å². The van der Waals surface area contributed by atoms with Crippen LogP contribution < -0.4 is 16.2 Å². The van der Waals surface area contributed by atoms with Crippen LogP contribution >= 0.6 is 11.6 Å². The third-order valence-corrected chi connectivity index (χ3v) is 3.29. The van der Waals surface area contributed by atoms with Gasteiger partial charge in [0.1, 0.15) is 11.6 Å². The molecule has 0 aliphatic carbocycles. The predicted molar refractivity (Wildman–Crippen MR) is 91.7 cm³/mol. The van der Waals surface area contributed by atoms with Crippen LogP contribution in [0.3, 0.4) is 0 Å². The summed E-state index contributed by atoms with van der Waals surface area (Å²) in [4.78, 5) is 45.1. The lowest BCUT2D eigenvalue weighted by atomic mass is 10.2. The van der Waals surface area contributed by atoms with Gasteiger partial charge in [-0.25, -0.2) is 0 Å². The number of pyridine rings is 1. The van der Waals surface area contributed by atoms with Crippen molar-refractivity contribution in [2.24, 2.45) is 0 Å². The lowest BCUT2D eigenvalue weighted by Crippen LogP contribution is -2.27. The van der Waals surface area contributed by atoms with Crippen LogP contribution in [0.5, 0.6) is 0 Å². The van der Waals surface area contributed by atoms with Crippen molar-refractivity contribution >= 4 is 40.5 Å². The van der Waals surface area contributed by atoms with E-state index in [-0.39, 0.29) is 10.9 Å². The zero-order valence-corrected chi connectivity index (χ0v) is 13.7. The molecule has 1 aromatic carbocycles. The Balaban J connectivity index is 2.17. The highest BCUT2D eigenvalue weighted by atomic mass is 35.5. The number of hydrogen-bond donors (Lipinski definition) is 2. The molecule has 0 aliphatic rings. The Morgan fingerprint density at radius 2 is 1.88 bits per heavy atom. The van der Waals surface area contributed by atoms with Crippen molar-refractivity contribution in [2.45, 2.75) is 13.5 Å². The summed E-state index contributed by atoms with van der Waals surface area (Å²) in [5.74, 6) is -0.847. The van der Waals surface area contributed by atoms with E-state index >= 15 is 0 Å². The summed E-state index contributed by atoms with van der Waals surface area (Å²) in [5, 5.41) is 15.6. The maximum absolute atomic E-state index is 12.1. The summed E-state index contributed by atoms with van der Waals surface area (Å²) in [6, 6.07) is 7.31. The normalized spacial score (nSPS) is 10.2. The number of carbonyl (C=O) groups excluding carboxylic acids is 2. The summed E-state index contributed by atoms with van der Waals surface area (Å²) in [5.41, 5.74) is -0.235. The van der Waals surface area contributed by atoms with Gasteiger partial charge in [-0.15, -0.1) is 0 Å². The quantitative estimate of drug-likeness (QED) is 0.620. The minimum Gasteiger partial charge on any atom is -0.326 e. The number of nitrogens with one attached hydrogen (secondary N) is 2. The van der Waals surface area contributed by atoms with Gasteiger partial charge in [-0.1, -0.05) is 17.7 Å². The van der Waals surface area contributed by atoms with Gasteiger partial charge in [0.2, 0.25) is 11.8 Å². The summed E-state index contributed by atoms with van der Waals surface area (Å²) >= 11 is 5.67. The molecule has 0 bridgehead atoms. The molecule has 1 heterocycles. The van der Waals surface area contributed by atoms with Crippen LogP contribution in [0.25, 0.3) is 0 Å². The predicted octanol–water partition coefficient (Wildman–Crippen LogP) is 2.01. The largest absolute Gasteiger partial charge is 0.326 e. The third-order valence-electron chi connectivity index (χ3n) is 3.02. The summed E-state index contributed by atoms with van der Waals surface area (Å²) < 4.78 is 0.855. The van der Waals surface area contributed by atoms with Gasteiger partial charge in [0.15, 0.2) is 0 Å². The highest BCUT2D eigenvalue weighted by Gasteiger charge is 2.14. The fraction of sp³-hybridized carbons (Fsp3) is 0.133. The van der Waals surface area contributed by atoms with Crippen molar-refractivity contribution in [2.75, 3.05) is 10.6 Å². The molecule has 0 aliphatic heterocycles. The second kappa shape index (κ2) is 7.58. The number of nitrogens with zero attached hydrogens (tertiary/aromatic N) is 2. The Bertz CT molecular complexity index is 909. The SMILES string of the molecule is CC(=O)Nc1cccc(NC(=O)Cn2cc([N+](=O)[O-])cc(Cl)c2=O)c1. The number of amides is 2. The first kappa shape index (κ1) is 18.1. The van der Waals surface area contributed by atoms with Crippen molar-refractivity contribution in [1.82, 2.24) is 4.57 Å². The number of hydrogen-bond acceptors (Lipinski definition) is 5. The molecule has 2 rings (SSSR count). The minimum absolute atomic E-state index is 0.263. The fourth-order valence-electron chi connectivity index (χ4n) is 2.03. The van der Waals surface area contributed by atoms with Crippen LogP contribution in [0, 0.1) is 10.1 Å². The first-order chi connectivity index (χ1) is 11.8. The van der Waals surface area contributed by atoms with Gasteiger partial charge < -0.3 is 10.6 Å². The topological polar surface area (TPSA) is 123 Å². The second-order valence-electron chi connectivity index (χ2n) is 5.05. The van der Waals surface area contributed by atoms with Crippen molar-refractivity contribution < 1.29 is 14.5 Å². The number of rotatable bonds is 5. The third kappa shape index (κ3) is 4.88. The van der Waals surface area contributed by atoms with Crippen molar-refractivity contribution in [1.29, 1.82) is 0 Å². The molecule has 10 heteroatoms. The Morgan fingerprint density at radius 3 is 2.48 bits per heavy atom. The van der Waals surface area contributed by atoms with Crippen molar-refractivity contribution in [3.63, 3.8) is 0 Å². The van der Waals surface area contributed by atoms with Gasteiger partial charge in [0.05, 0.1) is 11.1 Å². The fourth-order valence-corrected chi connectivity index (χ4v) is 2.26. The summed E-state index contributed by atoms with van der Waals surface area (Å²) in [6.45, 7) is 0.897. The van der Waals surface area contributed by atoms with E-state index in [4.69, 9.17) is 11.6 Å². The molecule has 2 aromatic rings. The number of halogens is 1. The van der Waals surface area contributed by atoms with Crippen LogP contribution in [0.15, 0.2) is 41.3 Å². The molecule has 25 heavy (non-hydrogen) atoms. The molecular formula is C15H13ClN4O5. The van der Waals surface area contributed by atoms with Crippen LogP contribution in [0.1, 0.15) is 6.92 Å². The Labute approximate surface area is 146 Å². The maximum Gasteiger partial charge on any atom is 0.287 e. The molecular weight excluding hydrogens is 352 g/mol. The van der Waals surface area contributed by atoms with Gasteiger partial charge in [-0.05, 0) is 18.2 Å². The second-order valence-corrected chi connectivity index (χ2v) is 5.45. The number of carbonyl (C=O) groups is 2. The first-order valence-electron chi connectivity index (χ1n) is 6.98. The summed E-state index contributed by atoms with van der Waals surface area (Å²) in [6.07, 6.45) is 0.946. The lowest BCUT2D eigenvalue weighted by Gasteiger charge is -2.09. The molecule has 2 N–H and O–H groups in total. The van der Waals surface area contributed by atoms with E-state index in [0.29, 0.717) is 11.4 Å². The molecule has 1 aromatic heterocycles. The van der Waals surface area contributed by atoms with E-state index in [1.807, 2.05) is 0 Å². The molecule has 0 spiro atoms. The Kier molecular flexibility index (Phi) is 5.50.